The van der Waals surface area contributed by atoms with Crippen LogP contribution in [0, 0.1) is 5.92 Å². The van der Waals surface area contributed by atoms with Gasteiger partial charge in [0, 0.05) is 25.7 Å². The van der Waals surface area contributed by atoms with Gasteiger partial charge in [0.1, 0.15) is 0 Å². The van der Waals surface area contributed by atoms with Gasteiger partial charge in [-0.2, -0.15) is 0 Å². The van der Waals surface area contributed by atoms with E-state index in [1.54, 1.807) is 0 Å². The standard InChI is InChI=1S/C11H24N2O/c1-2-3-4-11(12)8-13-7-10-5-6-14-9-10/h10-11,13H,2-9,12H2,1H3. The lowest BCUT2D eigenvalue weighted by Crippen LogP contribution is -2.36. The second-order valence-corrected chi connectivity index (χ2v) is 4.29. The highest BCUT2D eigenvalue weighted by Gasteiger charge is 2.14. The molecular weight excluding hydrogens is 176 g/mol. The molecule has 1 saturated heterocycles. The second-order valence-electron chi connectivity index (χ2n) is 4.29. The maximum Gasteiger partial charge on any atom is 0.0507 e. The molecule has 1 aliphatic rings. The highest BCUT2D eigenvalue weighted by molar-refractivity contribution is 4.70. The molecule has 0 aromatic rings. The zero-order valence-electron chi connectivity index (χ0n) is 9.30. The van der Waals surface area contributed by atoms with Crippen molar-refractivity contribution in [3.63, 3.8) is 0 Å². The first-order chi connectivity index (χ1) is 6.83. The molecule has 0 aromatic heterocycles. The number of nitrogens with one attached hydrogen (secondary N) is 1. The molecule has 0 saturated carbocycles. The van der Waals surface area contributed by atoms with Gasteiger partial charge in [-0.15, -0.1) is 0 Å². The van der Waals surface area contributed by atoms with Gasteiger partial charge in [0.05, 0.1) is 6.61 Å². The molecule has 84 valence electrons. The van der Waals surface area contributed by atoms with E-state index in [0.717, 1.165) is 32.7 Å². The monoisotopic (exact) mass is 200 g/mol. The predicted molar refractivity (Wildman–Crippen MR) is 59.3 cm³/mol. The smallest absolute Gasteiger partial charge is 0.0507 e. The van der Waals surface area contributed by atoms with Gasteiger partial charge >= 0.3 is 0 Å². The summed E-state index contributed by atoms with van der Waals surface area (Å²) in [6, 6.07) is 0.331. The fourth-order valence-electron chi connectivity index (χ4n) is 1.79. The van der Waals surface area contributed by atoms with Gasteiger partial charge in [-0.3, -0.25) is 0 Å². The number of rotatable bonds is 7. The topological polar surface area (TPSA) is 47.3 Å². The van der Waals surface area contributed by atoms with Gasteiger partial charge < -0.3 is 15.8 Å². The van der Waals surface area contributed by atoms with E-state index in [4.69, 9.17) is 10.5 Å². The van der Waals surface area contributed by atoms with Crippen LogP contribution < -0.4 is 11.1 Å². The van der Waals surface area contributed by atoms with Crippen molar-refractivity contribution < 1.29 is 4.74 Å². The first-order valence-corrected chi connectivity index (χ1v) is 5.87. The Balaban J connectivity index is 1.91. The fourth-order valence-corrected chi connectivity index (χ4v) is 1.79. The Labute approximate surface area is 87.4 Å². The van der Waals surface area contributed by atoms with E-state index in [1.165, 1.54) is 19.3 Å². The molecule has 3 heteroatoms. The highest BCUT2D eigenvalue weighted by atomic mass is 16.5. The van der Waals surface area contributed by atoms with Crippen LogP contribution in [0.25, 0.3) is 0 Å². The zero-order valence-corrected chi connectivity index (χ0v) is 9.30. The van der Waals surface area contributed by atoms with Crippen molar-refractivity contribution in [1.29, 1.82) is 0 Å². The maximum atomic E-state index is 5.95. The van der Waals surface area contributed by atoms with Crippen molar-refractivity contribution in [2.45, 2.75) is 38.6 Å². The molecule has 1 rings (SSSR count). The Morgan fingerprint density at radius 2 is 2.43 bits per heavy atom. The molecule has 2 atom stereocenters. The van der Waals surface area contributed by atoms with Crippen molar-refractivity contribution in [2.75, 3.05) is 26.3 Å². The van der Waals surface area contributed by atoms with Gasteiger partial charge in [0.2, 0.25) is 0 Å². The third kappa shape index (κ3) is 4.94. The van der Waals surface area contributed by atoms with Crippen molar-refractivity contribution in [3.05, 3.63) is 0 Å². The van der Waals surface area contributed by atoms with Gasteiger partial charge in [0.25, 0.3) is 0 Å². The van der Waals surface area contributed by atoms with Crippen molar-refractivity contribution in [1.82, 2.24) is 5.32 Å². The molecule has 3 N–H and O–H groups in total. The Kier molecular flexibility index (Phi) is 6.15. The number of hydrogen-bond donors (Lipinski definition) is 2. The molecule has 1 fully saturated rings. The van der Waals surface area contributed by atoms with Crippen LogP contribution >= 0.6 is 0 Å². The number of hydrogen-bond acceptors (Lipinski definition) is 3. The Hall–Kier alpha value is -0.120. The van der Waals surface area contributed by atoms with E-state index < -0.39 is 0 Å². The molecule has 0 aromatic carbocycles. The normalized spacial score (nSPS) is 24.0. The summed E-state index contributed by atoms with van der Waals surface area (Å²) in [6.45, 7) is 6.10. The van der Waals surface area contributed by atoms with Crippen molar-refractivity contribution >= 4 is 0 Å². The minimum atomic E-state index is 0.331. The first kappa shape index (κ1) is 12.0. The lowest BCUT2D eigenvalue weighted by atomic mass is 10.1. The van der Waals surface area contributed by atoms with Crippen LogP contribution in [0.3, 0.4) is 0 Å². The number of unbranched alkanes of at least 4 members (excludes halogenated alkanes) is 1. The Bertz CT molecular complexity index is 135. The second kappa shape index (κ2) is 7.21. The molecule has 1 aliphatic heterocycles. The fraction of sp³-hybridized carbons (Fsp3) is 1.00. The average Bonchev–Trinajstić information content (AvgIpc) is 2.67. The average molecular weight is 200 g/mol. The number of ether oxygens (including phenoxy) is 1. The van der Waals surface area contributed by atoms with Gasteiger partial charge in [-0.05, 0) is 18.8 Å². The largest absolute Gasteiger partial charge is 0.381 e. The van der Waals surface area contributed by atoms with Gasteiger partial charge in [0.15, 0.2) is 0 Å². The van der Waals surface area contributed by atoms with Crippen LogP contribution in [0.5, 0.6) is 0 Å². The molecule has 0 radical (unpaired) electrons. The summed E-state index contributed by atoms with van der Waals surface area (Å²) in [5, 5.41) is 3.43. The van der Waals surface area contributed by atoms with Crippen LogP contribution in [0.2, 0.25) is 0 Å². The van der Waals surface area contributed by atoms with E-state index in [0.29, 0.717) is 12.0 Å². The lowest BCUT2D eigenvalue weighted by molar-refractivity contribution is 0.185. The lowest BCUT2D eigenvalue weighted by Gasteiger charge is -2.14. The maximum absolute atomic E-state index is 5.95. The predicted octanol–water partition coefficient (Wildman–Crippen LogP) is 1.13. The summed E-state index contributed by atoms with van der Waals surface area (Å²) >= 11 is 0. The zero-order chi connectivity index (χ0) is 10.2. The van der Waals surface area contributed by atoms with Crippen LogP contribution in [-0.4, -0.2) is 32.3 Å². The molecule has 0 amide bonds. The van der Waals surface area contributed by atoms with E-state index in [-0.39, 0.29) is 0 Å². The summed E-state index contributed by atoms with van der Waals surface area (Å²) in [6.07, 6.45) is 4.83. The Morgan fingerprint density at radius 1 is 1.57 bits per heavy atom. The van der Waals surface area contributed by atoms with E-state index in [2.05, 4.69) is 12.2 Å². The summed E-state index contributed by atoms with van der Waals surface area (Å²) < 4.78 is 5.31. The van der Waals surface area contributed by atoms with Crippen LogP contribution in [-0.2, 0) is 4.74 Å². The molecule has 0 aliphatic carbocycles. The highest BCUT2D eigenvalue weighted by Crippen LogP contribution is 2.10. The third-order valence-corrected chi connectivity index (χ3v) is 2.79. The minimum absolute atomic E-state index is 0.331. The summed E-state index contributed by atoms with van der Waals surface area (Å²) in [4.78, 5) is 0. The molecule has 3 nitrogen and oxygen atoms in total. The molecule has 1 heterocycles. The first-order valence-electron chi connectivity index (χ1n) is 5.87. The Morgan fingerprint density at radius 3 is 3.07 bits per heavy atom. The number of nitrogens with two attached hydrogens (primary N) is 1. The quantitative estimate of drug-likeness (QED) is 0.647. The molecular formula is C11H24N2O. The SMILES string of the molecule is CCCCC(N)CNCC1CCOC1. The molecule has 2 unspecified atom stereocenters. The minimum Gasteiger partial charge on any atom is -0.381 e. The summed E-state index contributed by atoms with van der Waals surface area (Å²) in [5.74, 6) is 0.716. The van der Waals surface area contributed by atoms with E-state index in [1.807, 2.05) is 0 Å². The van der Waals surface area contributed by atoms with Crippen LogP contribution in [0.4, 0.5) is 0 Å². The van der Waals surface area contributed by atoms with E-state index >= 15 is 0 Å². The van der Waals surface area contributed by atoms with Crippen molar-refractivity contribution in [2.24, 2.45) is 11.7 Å². The molecule has 0 bridgehead atoms. The van der Waals surface area contributed by atoms with Crippen LogP contribution in [0.15, 0.2) is 0 Å². The van der Waals surface area contributed by atoms with Gasteiger partial charge in [-0.25, -0.2) is 0 Å². The summed E-state index contributed by atoms with van der Waals surface area (Å²) in [7, 11) is 0. The molecule has 0 spiro atoms. The van der Waals surface area contributed by atoms with Gasteiger partial charge in [-0.1, -0.05) is 19.8 Å². The molecule has 14 heavy (non-hydrogen) atoms. The third-order valence-electron chi connectivity index (χ3n) is 2.79. The summed E-state index contributed by atoms with van der Waals surface area (Å²) in [5.41, 5.74) is 5.95. The van der Waals surface area contributed by atoms with Crippen molar-refractivity contribution in [3.8, 4) is 0 Å². The van der Waals surface area contributed by atoms with E-state index in [9.17, 15) is 0 Å². The van der Waals surface area contributed by atoms with Crippen LogP contribution in [0.1, 0.15) is 32.6 Å².